The number of carbonyl (C=O) groups excluding carboxylic acids is 1. The molecule has 0 aliphatic carbocycles. The molecular weight excluding hydrogens is 319 g/mol. The first-order chi connectivity index (χ1) is 11.1. The Kier molecular flexibility index (Phi) is 21.8. The van der Waals surface area contributed by atoms with Crippen LogP contribution in [-0.2, 0) is 4.79 Å². The van der Waals surface area contributed by atoms with Gasteiger partial charge in [-0.3, -0.25) is 0 Å². The number of aliphatic hydroxyl groups is 3. The number of rotatable bonds is 17. The van der Waals surface area contributed by atoms with E-state index in [-0.39, 0.29) is 42.6 Å². The Morgan fingerprint density at radius 1 is 0.708 bits per heavy atom. The van der Waals surface area contributed by atoms with Gasteiger partial charge in [0.05, 0.1) is 12.2 Å². The molecule has 3 N–H and O–H groups in total. The van der Waals surface area contributed by atoms with Crippen LogP contribution in [0.4, 0.5) is 0 Å². The zero-order valence-electron chi connectivity index (χ0n) is 15.4. The Balaban J connectivity index is 0. The van der Waals surface area contributed by atoms with Gasteiger partial charge in [0, 0.05) is 12.6 Å². The van der Waals surface area contributed by atoms with Crippen LogP contribution in [0.2, 0.25) is 0 Å². The minimum atomic E-state index is -0.989. The number of aliphatic hydroxyl groups excluding tert-OH is 3. The van der Waals surface area contributed by atoms with E-state index in [9.17, 15) is 20.1 Å². The molecule has 0 radical (unpaired) electrons. The van der Waals surface area contributed by atoms with Crippen molar-refractivity contribution in [2.24, 2.45) is 0 Å². The molecule has 0 rings (SSSR count). The van der Waals surface area contributed by atoms with Gasteiger partial charge in [0.25, 0.3) is 0 Å². The molecule has 0 spiro atoms. The third-order valence-electron chi connectivity index (χ3n) is 4.23. The summed E-state index contributed by atoms with van der Waals surface area (Å²) in [5, 5.41) is 38.7. The second kappa shape index (κ2) is 19.7. The fourth-order valence-electron chi connectivity index (χ4n) is 2.71. The number of unbranched alkanes of at least 4 members (excludes halogenated alkanes) is 9. The number of hydrogen-bond donors (Lipinski definition) is 3. The van der Waals surface area contributed by atoms with Gasteiger partial charge < -0.3 is 25.2 Å². The van der Waals surface area contributed by atoms with Gasteiger partial charge in [0.1, 0.15) is 0 Å². The van der Waals surface area contributed by atoms with Crippen molar-refractivity contribution in [3.8, 4) is 0 Å². The second-order valence-electron chi connectivity index (χ2n) is 6.45. The molecule has 0 saturated heterocycles. The molecule has 5 nitrogen and oxygen atoms in total. The van der Waals surface area contributed by atoms with Crippen molar-refractivity contribution in [1.82, 2.24) is 0 Å². The van der Waals surface area contributed by atoms with Crippen LogP contribution >= 0.6 is 0 Å². The van der Waals surface area contributed by atoms with Crippen LogP contribution < -0.4 is 34.7 Å². The van der Waals surface area contributed by atoms with Gasteiger partial charge >= 0.3 is 29.6 Å². The maximum Gasteiger partial charge on any atom is 1.00 e. The zero-order chi connectivity index (χ0) is 17.3. The van der Waals surface area contributed by atoms with Crippen LogP contribution in [-0.4, -0.2) is 40.1 Å². The standard InChI is InChI=1S/C18H36O5.Na/c19-15-11-7-2-1-4-8-12-16(20)17(21)13-9-5-3-6-10-14-18(22)23;/h16-17,19-21H,1-15H2,(H,22,23);/q;+1/p-1. The first-order valence-corrected chi connectivity index (χ1v) is 9.24. The molecule has 0 amide bonds. The van der Waals surface area contributed by atoms with E-state index in [0.29, 0.717) is 19.3 Å². The number of aliphatic carboxylic acids is 1. The number of carboxylic acid groups (broad SMARTS) is 1. The number of carbonyl (C=O) groups is 1. The topological polar surface area (TPSA) is 101 Å². The summed E-state index contributed by atoms with van der Waals surface area (Å²) in [6, 6.07) is 0. The maximum atomic E-state index is 10.2. The predicted octanol–water partition coefficient (Wildman–Crippen LogP) is -1.08. The van der Waals surface area contributed by atoms with E-state index in [0.717, 1.165) is 64.2 Å². The summed E-state index contributed by atoms with van der Waals surface area (Å²) in [5.74, 6) is -0.989. The van der Waals surface area contributed by atoms with Gasteiger partial charge in [-0.25, -0.2) is 0 Å². The van der Waals surface area contributed by atoms with E-state index >= 15 is 0 Å². The molecule has 6 heteroatoms. The molecule has 2 unspecified atom stereocenters. The molecule has 0 aliphatic heterocycles. The van der Waals surface area contributed by atoms with Crippen LogP contribution in [0.5, 0.6) is 0 Å². The first kappa shape index (κ1) is 26.6. The third kappa shape index (κ3) is 18.7. The maximum absolute atomic E-state index is 10.2. The number of carboxylic acids is 1. The molecule has 0 aromatic carbocycles. The summed E-state index contributed by atoms with van der Waals surface area (Å²) in [4.78, 5) is 10.2. The molecular formula is C18H35NaO5. The summed E-state index contributed by atoms with van der Waals surface area (Å²) < 4.78 is 0. The Labute approximate surface area is 169 Å². The minimum Gasteiger partial charge on any atom is -0.550 e. The van der Waals surface area contributed by atoms with E-state index < -0.39 is 18.2 Å². The van der Waals surface area contributed by atoms with Crippen molar-refractivity contribution in [3.63, 3.8) is 0 Å². The smallest absolute Gasteiger partial charge is 0.550 e. The van der Waals surface area contributed by atoms with Crippen molar-refractivity contribution < 1.29 is 54.8 Å². The molecule has 0 aromatic heterocycles. The Bertz CT molecular complexity index is 276. The molecule has 0 fully saturated rings. The Morgan fingerprint density at radius 2 is 1.08 bits per heavy atom. The van der Waals surface area contributed by atoms with Crippen molar-refractivity contribution in [3.05, 3.63) is 0 Å². The molecule has 138 valence electrons. The SMILES string of the molecule is O=C([O-])CCCCCCCC(O)C(O)CCCCCCCCO.[Na+]. The molecule has 0 bridgehead atoms. The van der Waals surface area contributed by atoms with Gasteiger partial charge in [-0.1, -0.05) is 57.8 Å². The molecule has 0 saturated carbocycles. The van der Waals surface area contributed by atoms with Gasteiger partial charge in [-0.2, -0.15) is 0 Å². The average Bonchev–Trinajstić information content (AvgIpc) is 2.52. The first-order valence-electron chi connectivity index (χ1n) is 9.24. The second-order valence-corrected chi connectivity index (χ2v) is 6.45. The summed E-state index contributed by atoms with van der Waals surface area (Å²) in [6.07, 6.45) is 10.6. The fraction of sp³-hybridized carbons (Fsp3) is 0.944. The summed E-state index contributed by atoms with van der Waals surface area (Å²) in [6.45, 7) is 0.266. The van der Waals surface area contributed by atoms with Gasteiger partial charge in [0.15, 0.2) is 0 Å². The van der Waals surface area contributed by atoms with Crippen molar-refractivity contribution in [2.45, 2.75) is 102 Å². The van der Waals surface area contributed by atoms with E-state index in [4.69, 9.17) is 5.11 Å². The molecule has 2 atom stereocenters. The Morgan fingerprint density at radius 3 is 1.50 bits per heavy atom. The van der Waals surface area contributed by atoms with Crippen LogP contribution in [0.15, 0.2) is 0 Å². The van der Waals surface area contributed by atoms with E-state index in [1.807, 2.05) is 0 Å². The fourth-order valence-corrected chi connectivity index (χ4v) is 2.71. The van der Waals surface area contributed by atoms with Gasteiger partial charge in [-0.05, 0) is 32.1 Å². The van der Waals surface area contributed by atoms with E-state index in [1.54, 1.807) is 0 Å². The third-order valence-corrected chi connectivity index (χ3v) is 4.23. The van der Waals surface area contributed by atoms with Crippen LogP contribution in [0, 0.1) is 0 Å². The van der Waals surface area contributed by atoms with Crippen molar-refractivity contribution in [1.29, 1.82) is 0 Å². The van der Waals surface area contributed by atoms with Crippen molar-refractivity contribution >= 4 is 5.97 Å². The summed E-state index contributed by atoms with van der Waals surface area (Å²) >= 11 is 0. The van der Waals surface area contributed by atoms with E-state index in [2.05, 4.69) is 0 Å². The van der Waals surface area contributed by atoms with Crippen LogP contribution in [0.3, 0.4) is 0 Å². The summed E-state index contributed by atoms with van der Waals surface area (Å²) in [5.41, 5.74) is 0. The van der Waals surface area contributed by atoms with E-state index in [1.165, 1.54) is 0 Å². The van der Waals surface area contributed by atoms with Crippen LogP contribution in [0.25, 0.3) is 0 Å². The molecule has 24 heavy (non-hydrogen) atoms. The van der Waals surface area contributed by atoms with Gasteiger partial charge in [-0.15, -0.1) is 0 Å². The molecule has 0 heterocycles. The minimum absolute atomic E-state index is 0. The predicted molar refractivity (Wildman–Crippen MR) is 88.7 cm³/mol. The molecule has 0 aromatic rings. The monoisotopic (exact) mass is 354 g/mol. The normalized spacial score (nSPS) is 13.3. The molecule has 0 aliphatic rings. The number of hydrogen-bond acceptors (Lipinski definition) is 5. The quantitative estimate of drug-likeness (QED) is 0.228. The van der Waals surface area contributed by atoms with Gasteiger partial charge in [0.2, 0.25) is 0 Å². The largest absolute Gasteiger partial charge is 1.00 e. The average molecular weight is 354 g/mol. The Hall–Kier alpha value is 0.350. The van der Waals surface area contributed by atoms with Crippen LogP contribution in [0.1, 0.15) is 89.9 Å². The summed E-state index contributed by atoms with van der Waals surface area (Å²) in [7, 11) is 0. The van der Waals surface area contributed by atoms with Crippen molar-refractivity contribution in [2.75, 3.05) is 6.61 Å². The zero-order valence-corrected chi connectivity index (χ0v) is 17.4.